The van der Waals surface area contributed by atoms with Crippen LogP contribution in [0.2, 0.25) is 0 Å². The third kappa shape index (κ3) is 3.13. The highest BCUT2D eigenvalue weighted by molar-refractivity contribution is 6.36. The normalized spacial score (nSPS) is 23.8. The van der Waals surface area contributed by atoms with Gasteiger partial charge in [0.25, 0.3) is 0 Å². The first kappa shape index (κ1) is 17.5. The molecule has 5 nitrogen and oxygen atoms in total. The minimum Gasteiger partial charge on any atom is -0.467 e. The molecule has 3 atom stereocenters. The lowest BCUT2D eigenvalue weighted by Crippen LogP contribution is -2.39. The zero-order chi connectivity index (χ0) is 18.0. The van der Waals surface area contributed by atoms with Gasteiger partial charge in [-0.1, -0.05) is 48.6 Å². The molecule has 0 fully saturated rings. The molecule has 3 rings (SSSR count). The van der Waals surface area contributed by atoms with Crippen LogP contribution < -0.4 is 0 Å². The molecule has 130 valence electrons. The first-order valence-electron chi connectivity index (χ1n) is 7.85. The predicted molar refractivity (Wildman–Crippen MR) is 95.2 cm³/mol. The Morgan fingerprint density at radius 2 is 2.12 bits per heavy atom. The number of hydrogen-bond acceptors (Lipinski definition) is 4. The van der Waals surface area contributed by atoms with Gasteiger partial charge in [0, 0.05) is 13.0 Å². The molecule has 1 N–H and O–H groups in total. The van der Waals surface area contributed by atoms with Crippen molar-refractivity contribution < 1.29 is 14.6 Å². The number of hydrogen-bond donors (Lipinski definition) is 1. The molecular weight excluding hydrogens is 340 g/mol. The molecule has 0 saturated carbocycles. The fourth-order valence-corrected chi connectivity index (χ4v) is 3.35. The number of alkyl halides is 1. The Hall–Kier alpha value is -2.37. The highest BCUT2D eigenvalue weighted by atomic mass is 35.5. The standard InChI is InChI=1S/C19H19ClN2O3/c1-22-12-21-11-16(22)17(23)14-8-9-19(20,18(24)25-2)15(10-14)13-6-4-3-5-7-13/h3-12,15,17,23H,1-2H3. The molecule has 0 saturated heterocycles. The Bertz CT molecular complexity index is 828. The minimum absolute atomic E-state index is 0.467. The predicted octanol–water partition coefficient (Wildman–Crippen LogP) is 2.88. The molecule has 0 bridgehead atoms. The van der Waals surface area contributed by atoms with Crippen molar-refractivity contribution in [2.45, 2.75) is 16.9 Å². The number of aromatic nitrogens is 2. The fourth-order valence-electron chi connectivity index (χ4n) is 3.03. The number of imidazole rings is 1. The maximum atomic E-state index is 12.3. The van der Waals surface area contributed by atoms with Gasteiger partial charge in [0.2, 0.25) is 0 Å². The zero-order valence-electron chi connectivity index (χ0n) is 14.0. The van der Waals surface area contributed by atoms with Crippen LogP contribution in [-0.4, -0.2) is 32.6 Å². The number of methoxy groups -OCH3 is 1. The number of halogens is 1. The molecule has 0 spiro atoms. The van der Waals surface area contributed by atoms with Gasteiger partial charge >= 0.3 is 5.97 Å². The summed E-state index contributed by atoms with van der Waals surface area (Å²) in [5.41, 5.74) is 2.17. The summed E-state index contributed by atoms with van der Waals surface area (Å²) in [6.45, 7) is 0. The topological polar surface area (TPSA) is 64.3 Å². The Morgan fingerprint density at radius 3 is 2.72 bits per heavy atom. The van der Waals surface area contributed by atoms with E-state index < -0.39 is 22.9 Å². The Balaban J connectivity index is 2.04. The smallest absolute Gasteiger partial charge is 0.331 e. The van der Waals surface area contributed by atoms with E-state index >= 15 is 0 Å². The highest BCUT2D eigenvalue weighted by Crippen LogP contribution is 2.43. The van der Waals surface area contributed by atoms with Crippen molar-refractivity contribution in [1.82, 2.24) is 9.55 Å². The van der Waals surface area contributed by atoms with E-state index in [2.05, 4.69) is 4.98 Å². The maximum Gasteiger partial charge on any atom is 0.331 e. The monoisotopic (exact) mass is 358 g/mol. The van der Waals surface area contributed by atoms with Crippen LogP contribution in [-0.2, 0) is 16.6 Å². The van der Waals surface area contributed by atoms with Gasteiger partial charge in [0.05, 0.1) is 25.3 Å². The highest BCUT2D eigenvalue weighted by Gasteiger charge is 2.45. The molecule has 1 aromatic heterocycles. The number of ether oxygens (including phenoxy) is 1. The Labute approximate surface area is 151 Å². The van der Waals surface area contributed by atoms with Crippen molar-refractivity contribution in [2.75, 3.05) is 7.11 Å². The number of benzene rings is 1. The number of aliphatic hydroxyl groups excluding tert-OH is 1. The number of carbonyl (C=O) groups excluding carboxylic acids is 1. The third-order valence-electron chi connectivity index (χ3n) is 4.44. The number of nitrogens with zero attached hydrogens (tertiary/aromatic N) is 2. The van der Waals surface area contributed by atoms with E-state index in [0.29, 0.717) is 11.3 Å². The quantitative estimate of drug-likeness (QED) is 0.674. The lowest BCUT2D eigenvalue weighted by Gasteiger charge is -2.33. The molecule has 1 aliphatic carbocycles. The van der Waals surface area contributed by atoms with Gasteiger partial charge in [-0.2, -0.15) is 0 Å². The average Bonchev–Trinajstić information content (AvgIpc) is 3.07. The summed E-state index contributed by atoms with van der Waals surface area (Å²) in [6, 6.07) is 9.45. The maximum absolute atomic E-state index is 12.3. The second-order valence-corrected chi connectivity index (χ2v) is 6.61. The van der Waals surface area contributed by atoms with Gasteiger partial charge in [0.1, 0.15) is 6.10 Å². The Morgan fingerprint density at radius 1 is 1.40 bits per heavy atom. The van der Waals surface area contributed by atoms with Crippen LogP contribution in [0.1, 0.15) is 23.3 Å². The molecule has 1 aromatic carbocycles. The summed E-state index contributed by atoms with van der Waals surface area (Å²) in [7, 11) is 3.12. The molecule has 2 aromatic rings. The molecule has 6 heteroatoms. The average molecular weight is 359 g/mol. The lowest BCUT2D eigenvalue weighted by molar-refractivity contribution is -0.142. The number of aliphatic hydroxyl groups is 1. The largest absolute Gasteiger partial charge is 0.467 e. The van der Waals surface area contributed by atoms with Crippen LogP contribution in [0.3, 0.4) is 0 Å². The van der Waals surface area contributed by atoms with Crippen molar-refractivity contribution in [3.05, 3.63) is 77.9 Å². The molecule has 0 aliphatic heterocycles. The first-order chi connectivity index (χ1) is 12.0. The van der Waals surface area contributed by atoms with Crippen molar-refractivity contribution in [1.29, 1.82) is 0 Å². The molecule has 1 heterocycles. The second-order valence-electron chi connectivity index (χ2n) is 5.98. The number of esters is 1. The zero-order valence-corrected chi connectivity index (χ0v) is 14.7. The minimum atomic E-state index is -1.36. The summed E-state index contributed by atoms with van der Waals surface area (Å²) in [4.78, 5) is 15.0. The Kier molecular flexibility index (Phi) is 4.79. The van der Waals surface area contributed by atoms with Gasteiger partial charge in [0.15, 0.2) is 4.87 Å². The fraction of sp³-hybridized carbons (Fsp3) is 0.263. The van der Waals surface area contributed by atoms with E-state index in [4.69, 9.17) is 16.3 Å². The lowest BCUT2D eigenvalue weighted by atomic mass is 9.79. The van der Waals surface area contributed by atoms with Crippen LogP contribution in [0, 0.1) is 0 Å². The van der Waals surface area contributed by atoms with E-state index in [-0.39, 0.29) is 0 Å². The summed E-state index contributed by atoms with van der Waals surface area (Å²) >= 11 is 6.65. The summed E-state index contributed by atoms with van der Waals surface area (Å²) in [6.07, 6.45) is 7.44. The number of carbonyl (C=O) groups is 1. The summed E-state index contributed by atoms with van der Waals surface area (Å²) in [5.74, 6) is -1.00. The molecular formula is C19H19ClN2O3. The SMILES string of the molecule is COC(=O)C1(Cl)C=CC(C(O)c2cncn2C)=CC1c1ccccc1. The summed E-state index contributed by atoms with van der Waals surface area (Å²) < 4.78 is 6.65. The van der Waals surface area contributed by atoms with Gasteiger partial charge < -0.3 is 14.4 Å². The van der Waals surface area contributed by atoms with Gasteiger partial charge in [-0.15, -0.1) is 11.6 Å². The van der Waals surface area contributed by atoms with E-state index in [1.807, 2.05) is 43.5 Å². The van der Waals surface area contributed by atoms with Gasteiger partial charge in [-0.3, -0.25) is 0 Å². The van der Waals surface area contributed by atoms with Crippen LogP contribution in [0.25, 0.3) is 0 Å². The van der Waals surface area contributed by atoms with E-state index in [1.165, 1.54) is 7.11 Å². The van der Waals surface area contributed by atoms with Gasteiger partial charge in [-0.25, -0.2) is 9.78 Å². The van der Waals surface area contributed by atoms with E-state index in [9.17, 15) is 9.90 Å². The molecule has 1 aliphatic rings. The molecule has 25 heavy (non-hydrogen) atoms. The van der Waals surface area contributed by atoms with E-state index in [1.54, 1.807) is 29.2 Å². The molecule has 3 unspecified atom stereocenters. The van der Waals surface area contributed by atoms with Gasteiger partial charge in [-0.05, 0) is 11.1 Å². The van der Waals surface area contributed by atoms with Crippen molar-refractivity contribution in [3.8, 4) is 0 Å². The van der Waals surface area contributed by atoms with Crippen LogP contribution in [0.4, 0.5) is 0 Å². The molecule has 0 amide bonds. The van der Waals surface area contributed by atoms with Crippen molar-refractivity contribution >= 4 is 17.6 Å². The number of aryl methyl sites for hydroxylation is 1. The van der Waals surface area contributed by atoms with Crippen LogP contribution >= 0.6 is 11.6 Å². The second kappa shape index (κ2) is 6.86. The first-order valence-corrected chi connectivity index (χ1v) is 8.22. The number of rotatable bonds is 4. The summed E-state index contributed by atoms with van der Waals surface area (Å²) in [5, 5.41) is 10.7. The van der Waals surface area contributed by atoms with Crippen molar-refractivity contribution in [2.24, 2.45) is 7.05 Å². The van der Waals surface area contributed by atoms with Crippen LogP contribution in [0.5, 0.6) is 0 Å². The third-order valence-corrected chi connectivity index (χ3v) is 4.95. The van der Waals surface area contributed by atoms with Crippen LogP contribution in [0.15, 0.2) is 66.7 Å². The van der Waals surface area contributed by atoms with E-state index in [0.717, 1.165) is 5.56 Å². The number of allylic oxidation sites excluding steroid dienone is 1. The molecule has 0 radical (unpaired) electrons. The van der Waals surface area contributed by atoms with Crippen molar-refractivity contribution in [3.63, 3.8) is 0 Å².